The van der Waals surface area contributed by atoms with E-state index < -0.39 is 0 Å². The molecule has 1 aliphatic rings. The van der Waals surface area contributed by atoms with Crippen molar-refractivity contribution in [3.05, 3.63) is 70.9 Å². The molecule has 0 aliphatic carbocycles. The summed E-state index contributed by atoms with van der Waals surface area (Å²) < 4.78 is 10.3. The first kappa shape index (κ1) is 22.0. The molecule has 0 saturated heterocycles. The Labute approximate surface area is 169 Å². The standard InChI is InChI=1S/C25H34O3/c1-19(8-5-9-20(2)11-7-13-23-14-15-27-18-23)10-6-12-21(3)16-24-17-22(4)25(26)28-24/h8,11,14-18,21H,5-7,9-10,12-13H2,1-4H3/b19-8+,20-11+,24-16-/t21-/m0/s1. The lowest BCUT2D eigenvalue weighted by atomic mass is 9.99. The molecule has 1 atom stereocenters. The first-order valence-electron chi connectivity index (χ1n) is 10.4. The summed E-state index contributed by atoms with van der Waals surface area (Å²) in [5.74, 6) is 0.901. The van der Waals surface area contributed by atoms with E-state index in [2.05, 4.69) is 39.0 Å². The molecule has 0 spiro atoms. The Hall–Kier alpha value is -2.29. The van der Waals surface area contributed by atoms with Crippen LogP contribution in [0.25, 0.3) is 0 Å². The molecule has 1 aromatic heterocycles. The highest BCUT2D eigenvalue weighted by atomic mass is 16.5. The van der Waals surface area contributed by atoms with Crippen LogP contribution in [0.5, 0.6) is 0 Å². The van der Waals surface area contributed by atoms with Crippen LogP contribution in [0.15, 0.2) is 69.8 Å². The summed E-state index contributed by atoms with van der Waals surface area (Å²) in [5.41, 5.74) is 4.88. The zero-order chi connectivity index (χ0) is 20.4. The van der Waals surface area contributed by atoms with Crippen molar-refractivity contribution in [1.29, 1.82) is 0 Å². The topological polar surface area (TPSA) is 39.4 Å². The van der Waals surface area contributed by atoms with E-state index in [1.807, 2.05) is 18.4 Å². The maximum Gasteiger partial charge on any atom is 0.339 e. The summed E-state index contributed by atoms with van der Waals surface area (Å²) in [7, 11) is 0. The van der Waals surface area contributed by atoms with Crippen molar-refractivity contribution in [2.75, 3.05) is 0 Å². The molecule has 0 amide bonds. The van der Waals surface area contributed by atoms with Gasteiger partial charge in [0.05, 0.1) is 12.5 Å². The van der Waals surface area contributed by atoms with Gasteiger partial charge in [0.2, 0.25) is 0 Å². The van der Waals surface area contributed by atoms with Gasteiger partial charge in [-0.1, -0.05) is 30.2 Å². The molecule has 0 N–H and O–H groups in total. The Morgan fingerprint density at radius 2 is 1.89 bits per heavy atom. The fraction of sp³-hybridized carbons (Fsp3) is 0.480. The van der Waals surface area contributed by atoms with E-state index in [4.69, 9.17) is 9.15 Å². The highest BCUT2D eigenvalue weighted by Crippen LogP contribution is 2.21. The minimum Gasteiger partial charge on any atom is -0.472 e. The summed E-state index contributed by atoms with van der Waals surface area (Å²) in [6.45, 7) is 8.42. The highest BCUT2D eigenvalue weighted by molar-refractivity contribution is 5.92. The van der Waals surface area contributed by atoms with Gasteiger partial charge in [-0.3, -0.25) is 0 Å². The molecule has 0 radical (unpaired) electrons. The van der Waals surface area contributed by atoms with Gasteiger partial charge < -0.3 is 9.15 Å². The van der Waals surface area contributed by atoms with Crippen LogP contribution in [0.2, 0.25) is 0 Å². The average molecular weight is 383 g/mol. The lowest BCUT2D eigenvalue weighted by molar-refractivity contribution is -0.133. The lowest BCUT2D eigenvalue weighted by Gasteiger charge is -2.08. The van der Waals surface area contributed by atoms with Crippen LogP contribution in [-0.4, -0.2) is 5.97 Å². The molecule has 0 aromatic carbocycles. The first-order valence-corrected chi connectivity index (χ1v) is 10.4. The van der Waals surface area contributed by atoms with Crippen molar-refractivity contribution in [3.63, 3.8) is 0 Å². The van der Waals surface area contributed by atoms with Gasteiger partial charge in [-0.05, 0) is 95.4 Å². The Morgan fingerprint density at radius 1 is 1.14 bits per heavy atom. The van der Waals surface area contributed by atoms with Gasteiger partial charge in [0.15, 0.2) is 0 Å². The highest BCUT2D eigenvalue weighted by Gasteiger charge is 2.17. The van der Waals surface area contributed by atoms with E-state index >= 15 is 0 Å². The monoisotopic (exact) mass is 382 g/mol. The van der Waals surface area contributed by atoms with Crippen LogP contribution in [0.3, 0.4) is 0 Å². The van der Waals surface area contributed by atoms with Gasteiger partial charge >= 0.3 is 5.97 Å². The largest absolute Gasteiger partial charge is 0.472 e. The second kappa shape index (κ2) is 11.5. The number of carbonyl (C=O) groups is 1. The molecule has 0 saturated carbocycles. The van der Waals surface area contributed by atoms with Gasteiger partial charge in [-0.15, -0.1) is 0 Å². The second-order valence-electron chi connectivity index (χ2n) is 7.97. The van der Waals surface area contributed by atoms with Crippen LogP contribution in [0.1, 0.15) is 71.8 Å². The third kappa shape index (κ3) is 8.16. The van der Waals surface area contributed by atoms with Gasteiger partial charge in [0, 0.05) is 5.57 Å². The smallest absolute Gasteiger partial charge is 0.339 e. The molecule has 2 heterocycles. The Bertz CT molecular complexity index is 745. The van der Waals surface area contributed by atoms with E-state index in [-0.39, 0.29) is 5.97 Å². The maximum atomic E-state index is 11.4. The Morgan fingerprint density at radius 3 is 2.57 bits per heavy atom. The number of hydrogen-bond donors (Lipinski definition) is 0. The predicted molar refractivity (Wildman–Crippen MR) is 115 cm³/mol. The van der Waals surface area contributed by atoms with Crippen LogP contribution in [0.4, 0.5) is 0 Å². The molecule has 3 nitrogen and oxygen atoms in total. The quantitative estimate of drug-likeness (QED) is 0.303. The summed E-state index contributed by atoms with van der Waals surface area (Å²) in [4.78, 5) is 11.4. The molecule has 0 unspecified atom stereocenters. The number of furan rings is 1. The number of esters is 1. The van der Waals surface area contributed by atoms with Gasteiger partial charge in [0.25, 0.3) is 0 Å². The number of ether oxygens (including phenoxy) is 1. The van der Waals surface area contributed by atoms with Crippen LogP contribution in [-0.2, 0) is 16.0 Å². The molecule has 28 heavy (non-hydrogen) atoms. The first-order chi connectivity index (χ1) is 13.4. The van der Waals surface area contributed by atoms with Gasteiger partial charge in [-0.25, -0.2) is 4.79 Å². The zero-order valence-corrected chi connectivity index (χ0v) is 17.8. The lowest BCUT2D eigenvalue weighted by Crippen LogP contribution is -1.97. The number of rotatable bonds is 11. The summed E-state index contributed by atoms with van der Waals surface area (Å²) in [6, 6.07) is 2.03. The molecular weight excluding hydrogens is 348 g/mol. The number of allylic oxidation sites excluding steroid dienone is 6. The van der Waals surface area contributed by atoms with Crippen molar-refractivity contribution in [2.45, 2.75) is 72.6 Å². The van der Waals surface area contributed by atoms with Gasteiger partial charge in [-0.2, -0.15) is 0 Å². The molecular formula is C25H34O3. The molecule has 1 aliphatic heterocycles. The molecule has 1 aromatic rings. The third-order valence-electron chi connectivity index (χ3n) is 5.11. The Balaban J connectivity index is 1.60. The van der Waals surface area contributed by atoms with E-state index in [1.165, 1.54) is 16.7 Å². The van der Waals surface area contributed by atoms with E-state index in [0.29, 0.717) is 17.3 Å². The molecule has 152 valence electrons. The molecule has 0 bridgehead atoms. The minimum atomic E-state index is -0.219. The van der Waals surface area contributed by atoms with Crippen LogP contribution in [0, 0.1) is 5.92 Å². The van der Waals surface area contributed by atoms with Crippen molar-refractivity contribution < 1.29 is 13.9 Å². The SMILES string of the molecule is CC1=C/C(=C/[C@@H](C)CCC/C(C)=C/CC/C(C)=C/CCc2ccoc2)OC1=O. The number of hydrogen-bond acceptors (Lipinski definition) is 3. The molecule has 3 heteroatoms. The van der Waals surface area contributed by atoms with Crippen molar-refractivity contribution in [2.24, 2.45) is 5.92 Å². The normalized spacial score (nSPS) is 17.8. The number of carbonyl (C=O) groups excluding carboxylic acids is 1. The number of cyclic esters (lactones) is 1. The number of aryl methyl sites for hydroxylation is 1. The maximum absolute atomic E-state index is 11.4. The van der Waals surface area contributed by atoms with Crippen LogP contribution >= 0.6 is 0 Å². The van der Waals surface area contributed by atoms with Crippen molar-refractivity contribution >= 4 is 5.97 Å². The second-order valence-corrected chi connectivity index (χ2v) is 7.97. The van der Waals surface area contributed by atoms with Crippen LogP contribution < -0.4 is 0 Å². The molecule has 2 rings (SSSR count). The average Bonchev–Trinajstić information content (AvgIpc) is 3.25. The van der Waals surface area contributed by atoms with Crippen molar-refractivity contribution in [1.82, 2.24) is 0 Å². The minimum absolute atomic E-state index is 0.219. The van der Waals surface area contributed by atoms with E-state index in [0.717, 1.165) is 44.9 Å². The third-order valence-corrected chi connectivity index (χ3v) is 5.11. The summed E-state index contributed by atoms with van der Waals surface area (Å²) in [6.07, 6.45) is 19.9. The zero-order valence-electron chi connectivity index (χ0n) is 17.8. The summed E-state index contributed by atoms with van der Waals surface area (Å²) in [5, 5.41) is 0. The van der Waals surface area contributed by atoms with E-state index in [1.54, 1.807) is 13.2 Å². The predicted octanol–water partition coefficient (Wildman–Crippen LogP) is 7.08. The van der Waals surface area contributed by atoms with E-state index in [9.17, 15) is 4.79 Å². The Kier molecular flexibility index (Phi) is 9.06. The summed E-state index contributed by atoms with van der Waals surface area (Å²) >= 11 is 0. The fourth-order valence-electron chi connectivity index (χ4n) is 3.31. The fourth-order valence-corrected chi connectivity index (χ4v) is 3.31. The van der Waals surface area contributed by atoms with Gasteiger partial charge in [0.1, 0.15) is 5.76 Å². The van der Waals surface area contributed by atoms with Crippen molar-refractivity contribution in [3.8, 4) is 0 Å². The molecule has 0 fully saturated rings.